The van der Waals surface area contributed by atoms with Crippen molar-refractivity contribution in [2.45, 2.75) is 75.7 Å². The molecule has 1 atom stereocenters. The Labute approximate surface area is 242 Å². The number of carboxylic acid groups (broad SMARTS) is 1. The number of rotatable bonds is 8. The van der Waals surface area contributed by atoms with Crippen molar-refractivity contribution in [3.05, 3.63) is 46.0 Å². The Morgan fingerprint density at radius 1 is 1.26 bits per heavy atom. The fourth-order valence-corrected chi connectivity index (χ4v) is 6.53. The average molecular weight is 637 g/mol. The first-order valence-corrected chi connectivity index (χ1v) is 14.3. The van der Waals surface area contributed by atoms with Crippen molar-refractivity contribution < 1.29 is 40.6 Å². The largest absolute Gasteiger partial charge is 0.486 e. The number of alkyl halides is 3. The van der Waals surface area contributed by atoms with Gasteiger partial charge in [0.05, 0.1) is 17.9 Å². The van der Waals surface area contributed by atoms with E-state index in [2.05, 4.69) is 15.3 Å². The zero-order chi connectivity index (χ0) is 31.4. The minimum atomic E-state index is -4.97. The third-order valence-corrected chi connectivity index (χ3v) is 9.08. The number of nitrogens with zero attached hydrogens (tertiary/aromatic N) is 5. The van der Waals surface area contributed by atoms with Gasteiger partial charge in [-0.2, -0.15) is 18.3 Å². The number of ether oxygens (including phenoxy) is 1. The van der Waals surface area contributed by atoms with Gasteiger partial charge in [-0.1, -0.05) is 25.4 Å². The molecule has 0 unspecified atom stereocenters. The number of aromatic nitrogens is 4. The summed E-state index contributed by atoms with van der Waals surface area (Å²) in [5.74, 6) is -0.783. The van der Waals surface area contributed by atoms with E-state index in [1.807, 2.05) is 0 Å². The van der Waals surface area contributed by atoms with Gasteiger partial charge in [0.1, 0.15) is 22.3 Å². The third kappa shape index (κ3) is 5.54. The van der Waals surface area contributed by atoms with Crippen LogP contribution in [0, 0.1) is 0 Å². The summed E-state index contributed by atoms with van der Waals surface area (Å²) < 4.78 is 83.0. The van der Waals surface area contributed by atoms with Crippen molar-refractivity contribution in [1.82, 2.24) is 20.0 Å². The number of nitrogens with one attached hydrogen (secondary N) is 1. The standard InChI is InChI=1S/C24H28ClF3N6O7S/c1-6-32-12-17(18(25)31-32)42(38,39)33-11-14(10-22(2,3)19-29-30-20(35)41-19)40-16-8-7-13(9-15(16)33)34(21(36)37)23(4,5)24(26,27)28/h7-9,12,14H,6,10-11H2,1-5H3,(H,30,35)(H,36,37)/t14-/m0/s1. The number of carbonyl (C=O) groups is 1. The molecule has 2 aromatic heterocycles. The van der Waals surface area contributed by atoms with Crippen molar-refractivity contribution in [2.24, 2.45) is 0 Å². The molecule has 0 aliphatic carbocycles. The summed E-state index contributed by atoms with van der Waals surface area (Å²) in [6, 6.07) is 3.29. The van der Waals surface area contributed by atoms with Crippen LogP contribution in [0.5, 0.6) is 5.75 Å². The van der Waals surface area contributed by atoms with Crippen LogP contribution < -0.4 is 19.7 Å². The van der Waals surface area contributed by atoms with E-state index in [4.69, 9.17) is 20.8 Å². The first kappa shape index (κ1) is 31.2. The second-order valence-corrected chi connectivity index (χ2v) is 12.9. The second-order valence-electron chi connectivity index (χ2n) is 10.7. The molecule has 230 valence electrons. The molecule has 0 bridgehead atoms. The molecule has 0 fully saturated rings. The highest BCUT2D eigenvalue weighted by atomic mass is 35.5. The van der Waals surface area contributed by atoms with Gasteiger partial charge in [0, 0.05) is 18.2 Å². The number of hydrogen-bond acceptors (Lipinski definition) is 8. The van der Waals surface area contributed by atoms with Gasteiger partial charge in [-0.3, -0.25) is 13.9 Å². The topological polar surface area (TPSA) is 164 Å². The maximum atomic E-state index is 14.0. The highest BCUT2D eigenvalue weighted by Crippen LogP contribution is 2.45. The van der Waals surface area contributed by atoms with Crippen LogP contribution >= 0.6 is 11.6 Å². The van der Waals surface area contributed by atoms with Gasteiger partial charge < -0.3 is 14.3 Å². The molecular formula is C24H28ClF3N6O7S. The summed E-state index contributed by atoms with van der Waals surface area (Å²) in [5.41, 5.74) is -4.46. The molecule has 1 aliphatic rings. The van der Waals surface area contributed by atoms with Crippen molar-refractivity contribution in [3.63, 3.8) is 0 Å². The van der Waals surface area contributed by atoms with Gasteiger partial charge in [0.2, 0.25) is 5.89 Å². The Hall–Kier alpha value is -3.73. The zero-order valence-corrected chi connectivity index (χ0v) is 24.6. The molecule has 2 N–H and O–H groups in total. The van der Waals surface area contributed by atoms with Gasteiger partial charge in [-0.15, -0.1) is 5.10 Å². The fraction of sp³-hybridized carbons (Fsp3) is 0.500. The molecule has 3 heterocycles. The molecule has 4 rings (SSSR count). The minimum Gasteiger partial charge on any atom is -0.486 e. The van der Waals surface area contributed by atoms with Gasteiger partial charge >= 0.3 is 18.0 Å². The van der Waals surface area contributed by atoms with E-state index in [-0.39, 0.29) is 45.2 Å². The van der Waals surface area contributed by atoms with E-state index in [0.29, 0.717) is 20.4 Å². The average Bonchev–Trinajstić information content (AvgIpc) is 3.48. The van der Waals surface area contributed by atoms with Gasteiger partial charge in [0.25, 0.3) is 10.0 Å². The van der Waals surface area contributed by atoms with E-state index < -0.39 is 50.8 Å². The molecule has 0 radical (unpaired) electrons. The number of benzene rings is 1. The van der Waals surface area contributed by atoms with Gasteiger partial charge in [-0.05, 0) is 45.4 Å². The number of anilines is 2. The Bertz CT molecular complexity index is 1660. The van der Waals surface area contributed by atoms with Crippen LogP contribution in [-0.4, -0.2) is 64.0 Å². The molecule has 0 saturated carbocycles. The molecule has 0 spiro atoms. The monoisotopic (exact) mass is 636 g/mol. The maximum Gasteiger partial charge on any atom is 0.434 e. The van der Waals surface area contributed by atoms with Gasteiger partial charge in [-0.25, -0.2) is 23.1 Å². The van der Waals surface area contributed by atoms with Crippen LogP contribution in [0.2, 0.25) is 5.15 Å². The van der Waals surface area contributed by atoms with Crippen LogP contribution in [0.3, 0.4) is 0 Å². The van der Waals surface area contributed by atoms with Crippen molar-refractivity contribution in [3.8, 4) is 5.75 Å². The van der Waals surface area contributed by atoms with Crippen molar-refractivity contribution >= 4 is 39.1 Å². The Balaban J connectivity index is 1.85. The lowest BCUT2D eigenvalue weighted by atomic mass is 9.86. The van der Waals surface area contributed by atoms with Crippen LogP contribution in [-0.2, 0) is 22.0 Å². The predicted molar refractivity (Wildman–Crippen MR) is 144 cm³/mol. The number of fused-ring (bicyclic) bond motifs is 1. The van der Waals surface area contributed by atoms with Crippen molar-refractivity contribution in [2.75, 3.05) is 15.7 Å². The predicted octanol–water partition coefficient (Wildman–Crippen LogP) is 4.38. The van der Waals surface area contributed by atoms with E-state index in [1.165, 1.54) is 16.9 Å². The quantitative estimate of drug-likeness (QED) is 0.365. The Kier molecular flexibility index (Phi) is 7.82. The Morgan fingerprint density at radius 3 is 2.45 bits per heavy atom. The molecule has 1 aliphatic heterocycles. The SMILES string of the molecule is CCn1cc(S(=O)(=O)N2C[C@H](CC(C)(C)c3n[nH]c(=O)o3)Oc3ccc(N(C(=O)O)C(C)(C)C(F)(F)F)cc32)c(Cl)n1. The number of amides is 1. The molecule has 42 heavy (non-hydrogen) atoms. The normalized spacial score (nSPS) is 16.2. The number of H-pyrrole nitrogens is 1. The highest BCUT2D eigenvalue weighted by Gasteiger charge is 2.54. The molecule has 18 heteroatoms. The molecule has 3 aromatic rings. The first-order chi connectivity index (χ1) is 19.3. The van der Waals surface area contributed by atoms with E-state index in [1.54, 1.807) is 20.8 Å². The summed E-state index contributed by atoms with van der Waals surface area (Å²) in [5, 5.41) is 19.4. The smallest absolute Gasteiger partial charge is 0.434 e. The molecule has 0 saturated heterocycles. The molecular weight excluding hydrogens is 609 g/mol. The molecule has 1 aromatic carbocycles. The number of halogens is 4. The second kappa shape index (κ2) is 10.5. The summed E-state index contributed by atoms with van der Waals surface area (Å²) in [7, 11) is -4.52. The lowest BCUT2D eigenvalue weighted by molar-refractivity contribution is -0.175. The van der Waals surface area contributed by atoms with Crippen LogP contribution in [0.4, 0.5) is 29.3 Å². The molecule has 13 nitrogen and oxygen atoms in total. The summed E-state index contributed by atoms with van der Waals surface area (Å²) in [6.07, 6.45) is -6.46. The third-order valence-electron chi connectivity index (χ3n) is 6.91. The Morgan fingerprint density at radius 2 is 1.93 bits per heavy atom. The van der Waals surface area contributed by atoms with Crippen LogP contribution in [0.25, 0.3) is 0 Å². The first-order valence-electron chi connectivity index (χ1n) is 12.5. The van der Waals surface area contributed by atoms with E-state index in [0.717, 1.165) is 16.4 Å². The lowest BCUT2D eigenvalue weighted by Crippen LogP contribution is -2.57. The van der Waals surface area contributed by atoms with E-state index >= 15 is 0 Å². The number of aromatic amines is 1. The summed E-state index contributed by atoms with van der Waals surface area (Å²) in [4.78, 5) is 23.3. The van der Waals surface area contributed by atoms with Crippen LogP contribution in [0.15, 0.2) is 38.5 Å². The summed E-state index contributed by atoms with van der Waals surface area (Å²) >= 11 is 6.18. The maximum absolute atomic E-state index is 14.0. The highest BCUT2D eigenvalue weighted by molar-refractivity contribution is 7.93. The lowest BCUT2D eigenvalue weighted by Gasteiger charge is -2.40. The van der Waals surface area contributed by atoms with Gasteiger partial charge in [0.15, 0.2) is 5.15 Å². The number of aryl methyl sites for hydroxylation is 1. The minimum absolute atomic E-state index is 0.0467. The zero-order valence-electron chi connectivity index (χ0n) is 23.1. The fourth-order valence-electron chi connectivity index (χ4n) is 4.58. The molecule has 1 amide bonds. The number of sulfonamides is 1. The summed E-state index contributed by atoms with van der Waals surface area (Å²) in [6.45, 7) is 6.42. The van der Waals surface area contributed by atoms with E-state index in [9.17, 15) is 36.3 Å². The van der Waals surface area contributed by atoms with Crippen molar-refractivity contribution in [1.29, 1.82) is 0 Å². The number of hydrogen-bond donors (Lipinski definition) is 2. The van der Waals surface area contributed by atoms with Crippen LogP contribution in [0.1, 0.15) is 46.9 Å².